The molecule has 3 rings (SSSR count). The smallest absolute Gasteiger partial charge is 0.257 e. The molecule has 0 aliphatic heterocycles. The first-order valence-corrected chi connectivity index (χ1v) is 9.22. The number of ether oxygens (including phenoxy) is 1. The first-order chi connectivity index (χ1) is 13.8. The highest BCUT2D eigenvalue weighted by atomic mass is 16.5. The number of carbonyl (C=O) groups excluding carboxylic acids is 2. The van der Waals surface area contributed by atoms with Crippen molar-refractivity contribution in [3.05, 3.63) is 84.2 Å². The molecule has 0 spiro atoms. The Kier molecular flexibility index (Phi) is 5.93. The third kappa shape index (κ3) is 5.90. The second-order valence-corrected chi connectivity index (χ2v) is 7.56. The van der Waals surface area contributed by atoms with Crippen LogP contribution in [0.5, 0.6) is 11.5 Å². The molecule has 1 aromatic heterocycles. The van der Waals surface area contributed by atoms with Crippen molar-refractivity contribution >= 4 is 17.5 Å². The highest BCUT2D eigenvalue weighted by molar-refractivity contribution is 6.05. The van der Waals surface area contributed by atoms with Gasteiger partial charge in [-0.2, -0.15) is 0 Å². The maximum absolute atomic E-state index is 12.5. The zero-order chi connectivity index (χ0) is 20.9. The van der Waals surface area contributed by atoms with Crippen LogP contribution in [0.2, 0.25) is 0 Å². The number of nitrogens with one attached hydrogen (secondary N) is 2. The molecule has 148 valence electrons. The van der Waals surface area contributed by atoms with Crippen LogP contribution in [0.15, 0.2) is 73.1 Å². The van der Waals surface area contributed by atoms with E-state index in [0.29, 0.717) is 22.6 Å². The fourth-order valence-corrected chi connectivity index (χ4v) is 2.54. The molecule has 0 aliphatic rings. The van der Waals surface area contributed by atoms with Crippen LogP contribution in [-0.2, 0) is 0 Å². The van der Waals surface area contributed by atoms with Crippen LogP contribution in [-0.4, -0.2) is 22.3 Å². The summed E-state index contributed by atoms with van der Waals surface area (Å²) in [5, 5.41) is 5.65. The number of amides is 2. The molecule has 0 saturated heterocycles. The van der Waals surface area contributed by atoms with Gasteiger partial charge in [0.25, 0.3) is 11.8 Å². The molecule has 0 saturated carbocycles. The first-order valence-electron chi connectivity index (χ1n) is 9.22. The molecule has 2 amide bonds. The number of rotatable bonds is 5. The minimum absolute atomic E-state index is 0.276. The Balaban J connectivity index is 1.65. The third-order valence-electron chi connectivity index (χ3n) is 3.84. The Morgan fingerprint density at radius 1 is 0.828 bits per heavy atom. The standard InChI is InChI=1S/C23H23N3O3/c1-23(2,3)26-22(28)17-13-16(14-24-15-17)21(27)25-18-9-11-20(12-10-18)29-19-7-5-4-6-8-19/h4-15H,1-3H3,(H,25,27)(H,26,28). The minimum atomic E-state index is -0.376. The fraction of sp³-hybridized carbons (Fsp3) is 0.174. The number of benzene rings is 2. The molecule has 0 atom stereocenters. The first kappa shape index (κ1) is 20.1. The molecule has 3 aromatic rings. The molecule has 0 radical (unpaired) electrons. The lowest BCUT2D eigenvalue weighted by atomic mass is 10.1. The molecule has 0 fully saturated rings. The number of hydrogen-bond donors (Lipinski definition) is 2. The molecule has 0 unspecified atom stereocenters. The van der Waals surface area contributed by atoms with Crippen LogP contribution in [0.25, 0.3) is 0 Å². The average Bonchev–Trinajstić information content (AvgIpc) is 2.69. The third-order valence-corrected chi connectivity index (χ3v) is 3.84. The summed E-state index contributed by atoms with van der Waals surface area (Å²) in [6.45, 7) is 5.67. The van der Waals surface area contributed by atoms with Crippen molar-refractivity contribution in [3.63, 3.8) is 0 Å². The lowest BCUT2D eigenvalue weighted by Crippen LogP contribution is -2.40. The van der Waals surface area contributed by atoms with Gasteiger partial charge in [-0.05, 0) is 63.2 Å². The normalized spacial score (nSPS) is 10.9. The molecule has 0 bridgehead atoms. The number of para-hydroxylation sites is 1. The van der Waals surface area contributed by atoms with Crippen molar-refractivity contribution < 1.29 is 14.3 Å². The van der Waals surface area contributed by atoms with E-state index in [1.165, 1.54) is 18.5 Å². The average molecular weight is 389 g/mol. The van der Waals surface area contributed by atoms with Gasteiger partial charge in [0, 0.05) is 23.6 Å². The molecule has 29 heavy (non-hydrogen) atoms. The van der Waals surface area contributed by atoms with E-state index >= 15 is 0 Å². The predicted octanol–water partition coefficient (Wildman–Crippen LogP) is 4.65. The van der Waals surface area contributed by atoms with Crippen LogP contribution in [0.4, 0.5) is 5.69 Å². The van der Waals surface area contributed by atoms with Crippen molar-refractivity contribution in [2.45, 2.75) is 26.3 Å². The van der Waals surface area contributed by atoms with Crippen molar-refractivity contribution in [1.29, 1.82) is 0 Å². The van der Waals surface area contributed by atoms with Gasteiger partial charge in [0.05, 0.1) is 11.1 Å². The van der Waals surface area contributed by atoms with Gasteiger partial charge < -0.3 is 15.4 Å². The van der Waals surface area contributed by atoms with Crippen molar-refractivity contribution in [3.8, 4) is 11.5 Å². The summed E-state index contributed by atoms with van der Waals surface area (Å²) in [5.74, 6) is 0.777. The summed E-state index contributed by atoms with van der Waals surface area (Å²) < 4.78 is 5.74. The Labute approximate surface area is 169 Å². The Bertz CT molecular complexity index is 994. The molecular formula is C23H23N3O3. The van der Waals surface area contributed by atoms with Gasteiger partial charge in [0.1, 0.15) is 11.5 Å². The maximum Gasteiger partial charge on any atom is 0.257 e. The molecule has 1 heterocycles. The van der Waals surface area contributed by atoms with Gasteiger partial charge in [-0.25, -0.2) is 0 Å². The zero-order valence-corrected chi connectivity index (χ0v) is 16.6. The predicted molar refractivity (Wildman–Crippen MR) is 112 cm³/mol. The molecule has 0 aliphatic carbocycles. The number of carbonyl (C=O) groups is 2. The second kappa shape index (κ2) is 8.56. The molecule has 6 nitrogen and oxygen atoms in total. The highest BCUT2D eigenvalue weighted by Gasteiger charge is 2.17. The van der Waals surface area contributed by atoms with E-state index in [2.05, 4.69) is 15.6 Å². The number of pyridine rings is 1. The monoisotopic (exact) mass is 389 g/mol. The molecular weight excluding hydrogens is 366 g/mol. The SMILES string of the molecule is CC(C)(C)NC(=O)c1cncc(C(=O)Nc2ccc(Oc3ccccc3)cc2)c1. The van der Waals surface area contributed by atoms with E-state index in [1.54, 1.807) is 24.3 Å². The van der Waals surface area contributed by atoms with Crippen molar-refractivity contribution in [1.82, 2.24) is 10.3 Å². The Morgan fingerprint density at radius 2 is 1.41 bits per heavy atom. The van der Waals surface area contributed by atoms with E-state index in [9.17, 15) is 9.59 Å². The Hall–Kier alpha value is -3.67. The van der Waals surface area contributed by atoms with E-state index < -0.39 is 0 Å². The number of nitrogens with zero attached hydrogens (tertiary/aromatic N) is 1. The van der Waals surface area contributed by atoms with Crippen LogP contribution in [0.1, 0.15) is 41.5 Å². The number of anilines is 1. The Morgan fingerprint density at radius 3 is 2.03 bits per heavy atom. The van der Waals surface area contributed by atoms with Gasteiger partial charge in [0.15, 0.2) is 0 Å². The van der Waals surface area contributed by atoms with Crippen LogP contribution in [0, 0.1) is 0 Å². The number of hydrogen-bond acceptors (Lipinski definition) is 4. The largest absolute Gasteiger partial charge is 0.457 e. The summed E-state index contributed by atoms with van der Waals surface area (Å²) in [4.78, 5) is 28.8. The van der Waals surface area contributed by atoms with Gasteiger partial charge in [-0.15, -0.1) is 0 Å². The second-order valence-electron chi connectivity index (χ2n) is 7.56. The zero-order valence-electron chi connectivity index (χ0n) is 16.6. The van der Waals surface area contributed by atoms with E-state index in [4.69, 9.17) is 4.74 Å². The topological polar surface area (TPSA) is 80.3 Å². The quantitative estimate of drug-likeness (QED) is 0.665. The molecule has 2 N–H and O–H groups in total. The molecule has 6 heteroatoms. The van der Waals surface area contributed by atoms with Crippen molar-refractivity contribution in [2.24, 2.45) is 0 Å². The van der Waals surface area contributed by atoms with E-state index in [0.717, 1.165) is 5.75 Å². The van der Waals surface area contributed by atoms with Crippen molar-refractivity contribution in [2.75, 3.05) is 5.32 Å². The fourth-order valence-electron chi connectivity index (χ4n) is 2.54. The molecule has 2 aromatic carbocycles. The summed E-state index contributed by atoms with van der Waals surface area (Å²) in [7, 11) is 0. The lowest BCUT2D eigenvalue weighted by molar-refractivity contribution is 0.0919. The van der Waals surface area contributed by atoms with E-state index in [1.807, 2.05) is 51.1 Å². The van der Waals surface area contributed by atoms with Crippen LogP contribution >= 0.6 is 0 Å². The summed E-state index contributed by atoms with van der Waals surface area (Å²) in [6.07, 6.45) is 2.86. The van der Waals surface area contributed by atoms with Crippen LogP contribution < -0.4 is 15.4 Å². The van der Waals surface area contributed by atoms with Gasteiger partial charge in [0.2, 0.25) is 0 Å². The van der Waals surface area contributed by atoms with E-state index in [-0.39, 0.29) is 17.4 Å². The maximum atomic E-state index is 12.5. The summed E-state index contributed by atoms with van der Waals surface area (Å²) in [5.41, 5.74) is 0.870. The highest BCUT2D eigenvalue weighted by Crippen LogP contribution is 2.23. The van der Waals surface area contributed by atoms with Gasteiger partial charge in [-0.3, -0.25) is 14.6 Å². The number of aromatic nitrogens is 1. The minimum Gasteiger partial charge on any atom is -0.457 e. The summed E-state index contributed by atoms with van der Waals surface area (Å²) >= 11 is 0. The lowest BCUT2D eigenvalue weighted by Gasteiger charge is -2.20. The van der Waals surface area contributed by atoms with Gasteiger partial charge in [-0.1, -0.05) is 18.2 Å². The summed E-state index contributed by atoms with van der Waals surface area (Å²) in [6, 6.07) is 18.0. The van der Waals surface area contributed by atoms with Gasteiger partial charge >= 0.3 is 0 Å². The van der Waals surface area contributed by atoms with Crippen LogP contribution in [0.3, 0.4) is 0 Å².